The van der Waals surface area contributed by atoms with Gasteiger partial charge in [0.2, 0.25) is 11.8 Å². The predicted molar refractivity (Wildman–Crippen MR) is 104 cm³/mol. The van der Waals surface area contributed by atoms with E-state index in [0.29, 0.717) is 23.7 Å². The van der Waals surface area contributed by atoms with E-state index >= 15 is 0 Å². The van der Waals surface area contributed by atoms with E-state index in [0.717, 1.165) is 16.9 Å². The summed E-state index contributed by atoms with van der Waals surface area (Å²) in [4.78, 5) is 25.7. The number of nitrogens with one attached hydrogen (secondary N) is 1. The zero-order chi connectivity index (χ0) is 19.1. The average molecular weight is 375 g/mol. The van der Waals surface area contributed by atoms with Crippen molar-refractivity contribution in [1.82, 2.24) is 4.90 Å². The molecule has 0 aliphatic carbocycles. The second-order valence-electron chi connectivity index (χ2n) is 6.05. The Kier molecular flexibility index (Phi) is 7.04. The van der Waals surface area contributed by atoms with Crippen LogP contribution >= 0.6 is 11.6 Å². The van der Waals surface area contributed by atoms with Crippen LogP contribution in [0.1, 0.15) is 18.1 Å². The number of amides is 2. The predicted octanol–water partition coefficient (Wildman–Crippen LogP) is 3.69. The number of benzene rings is 2. The molecule has 2 amide bonds. The van der Waals surface area contributed by atoms with Gasteiger partial charge >= 0.3 is 0 Å². The van der Waals surface area contributed by atoms with Gasteiger partial charge in [-0.25, -0.2) is 0 Å². The van der Waals surface area contributed by atoms with Crippen LogP contribution in [-0.2, 0) is 16.0 Å². The number of halogens is 1. The molecule has 1 N–H and O–H groups in total. The first-order valence-electron chi connectivity index (χ1n) is 8.33. The van der Waals surface area contributed by atoms with Crippen LogP contribution in [0.4, 0.5) is 5.69 Å². The number of aryl methyl sites for hydroxylation is 1. The van der Waals surface area contributed by atoms with E-state index in [1.165, 1.54) is 11.8 Å². The van der Waals surface area contributed by atoms with Gasteiger partial charge < -0.3 is 15.0 Å². The number of carbonyl (C=O) groups excluding carboxylic acids is 2. The number of methoxy groups -OCH3 is 1. The van der Waals surface area contributed by atoms with Gasteiger partial charge in [0.05, 0.1) is 13.7 Å². The Morgan fingerprint density at radius 1 is 1.19 bits per heavy atom. The Morgan fingerprint density at radius 3 is 2.62 bits per heavy atom. The van der Waals surface area contributed by atoms with Crippen LogP contribution in [0.5, 0.6) is 5.75 Å². The molecule has 0 fully saturated rings. The fourth-order valence-corrected chi connectivity index (χ4v) is 2.80. The van der Waals surface area contributed by atoms with E-state index in [4.69, 9.17) is 16.3 Å². The van der Waals surface area contributed by atoms with Crippen molar-refractivity contribution in [2.24, 2.45) is 0 Å². The lowest BCUT2D eigenvalue weighted by molar-refractivity contribution is -0.132. The van der Waals surface area contributed by atoms with Crippen molar-refractivity contribution in [2.75, 3.05) is 25.5 Å². The molecule has 2 rings (SSSR count). The molecule has 0 heterocycles. The number of hydrogen-bond acceptors (Lipinski definition) is 3. The second-order valence-corrected chi connectivity index (χ2v) is 6.49. The minimum atomic E-state index is -0.240. The molecule has 0 radical (unpaired) electrons. The highest BCUT2D eigenvalue weighted by Gasteiger charge is 2.14. The second kappa shape index (κ2) is 9.25. The molecule has 0 saturated heterocycles. The molecule has 5 nitrogen and oxygen atoms in total. The minimum absolute atomic E-state index is 0.00136. The van der Waals surface area contributed by atoms with Crippen molar-refractivity contribution in [1.29, 1.82) is 0 Å². The van der Waals surface area contributed by atoms with Gasteiger partial charge in [0.1, 0.15) is 5.75 Å². The summed E-state index contributed by atoms with van der Waals surface area (Å²) in [6, 6.07) is 12.9. The molecule has 0 aliphatic rings. The summed E-state index contributed by atoms with van der Waals surface area (Å²) < 4.78 is 5.21. The largest absolute Gasteiger partial charge is 0.497 e. The van der Waals surface area contributed by atoms with Crippen molar-refractivity contribution in [3.05, 3.63) is 58.6 Å². The molecule has 0 spiro atoms. The fraction of sp³-hybridized carbons (Fsp3) is 0.300. The Bertz CT molecular complexity index is 792. The van der Waals surface area contributed by atoms with Crippen molar-refractivity contribution in [3.8, 4) is 5.75 Å². The molecular formula is C20H23ClN2O3. The fourth-order valence-electron chi connectivity index (χ4n) is 2.57. The van der Waals surface area contributed by atoms with Gasteiger partial charge in [0, 0.05) is 24.2 Å². The van der Waals surface area contributed by atoms with Crippen LogP contribution in [0, 0.1) is 6.92 Å². The summed E-state index contributed by atoms with van der Waals surface area (Å²) in [5, 5.41) is 3.44. The van der Waals surface area contributed by atoms with Crippen LogP contribution in [0.3, 0.4) is 0 Å². The lowest BCUT2D eigenvalue weighted by atomic mass is 10.1. The van der Waals surface area contributed by atoms with E-state index in [1.807, 2.05) is 31.2 Å². The van der Waals surface area contributed by atoms with E-state index in [1.54, 1.807) is 25.3 Å². The van der Waals surface area contributed by atoms with Crippen LogP contribution in [0.15, 0.2) is 42.5 Å². The molecule has 2 aromatic rings. The molecule has 138 valence electrons. The molecule has 0 aromatic heterocycles. The molecule has 0 atom stereocenters. The third-order valence-corrected chi connectivity index (χ3v) is 4.28. The molecular weight excluding hydrogens is 352 g/mol. The van der Waals surface area contributed by atoms with Gasteiger partial charge in [-0.1, -0.05) is 23.7 Å². The van der Waals surface area contributed by atoms with Gasteiger partial charge in [0.15, 0.2) is 0 Å². The third kappa shape index (κ3) is 5.77. The summed E-state index contributed by atoms with van der Waals surface area (Å²) in [5.74, 6) is 0.389. The highest BCUT2D eigenvalue weighted by atomic mass is 35.5. The van der Waals surface area contributed by atoms with Gasteiger partial charge in [-0.05, 0) is 54.8 Å². The van der Waals surface area contributed by atoms with E-state index < -0.39 is 0 Å². The SMILES string of the molecule is COc1cccc(CCN(CC(=O)Nc2ccc(Cl)cc2C)C(C)=O)c1. The average Bonchev–Trinajstić information content (AvgIpc) is 2.61. The standard InChI is InChI=1S/C20H23ClN2O3/c1-14-11-17(21)7-8-19(14)22-20(25)13-23(15(2)24)10-9-16-5-4-6-18(12-16)26-3/h4-8,11-12H,9-10,13H2,1-3H3,(H,22,25). The van der Waals surface area contributed by atoms with Crippen LogP contribution in [0.2, 0.25) is 5.02 Å². The maximum atomic E-state index is 12.3. The quantitative estimate of drug-likeness (QED) is 0.804. The normalized spacial score (nSPS) is 10.3. The van der Waals surface area contributed by atoms with Gasteiger partial charge in [-0.15, -0.1) is 0 Å². The molecule has 0 aliphatic heterocycles. The minimum Gasteiger partial charge on any atom is -0.497 e. The lowest BCUT2D eigenvalue weighted by Gasteiger charge is -2.21. The topological polar surface area (TPSA) is 58.6 Å². The highest BCUT2D eigenvalue weighted by molar-refractivity contribution is 6.30. The smallest absolute Gasteiger partial charge is 0.244 e. The molecule has 0 bridgehead atoms. The first-order valence-corrected chi connectivity index (χ1v) is 8.71. The van der Waals surface area contributed by atoms with Gasteiger partial charge in [0.25, 0.3) is 0 Å². The maximum absolute atomic E-state index is 12.3. The van der Waals surface area contributed by atoms with Crippen molar-refractivity contribution < 1.29 is 14.3 Å². The lowest BCUT2D eigenvalue weighted by Crippen LogP contribution is -2.38. The Morgan fingerprint density at radius 2 is 1.96 bits per heavy atom. The molecule has 26 heavy (non-hydrogen) atoms. The Balaban J connectivity index is 1.96. The Labute approximate surface area is 158 Å². The first kappa shape index (κ1) is 19.8. The van der Waals surface area contributed by atoms with E-state index in [9.17, 15) is 9.59 Å². The van der Waals surface area contributed by atoms with Gasteiger partial charge in [-0.2, -0.15) is 0 Å². The number of ether oxygens (including phenoxy) is 1. The first-order chi connectivity index (χ1) is 12.4. The number of rotatable bonds is 7. The summed E-state index contributed by atoms with van der Waals surface area (Å²) in [7, 11) is 1.62. The summed E-state index contributed by atoms with van der Waals surface area (Å²) in [6.07, 6.45) is 0.643. The summed E-state index contributed by atoms with van der Waals surface area (Å²) in [5.41, 5.74) is 2.61. The molecule has 6 heteroatoms. The number of carbonyl (C=O) groups is 2. The molecule has 2 aromatic carbocycles. The Hall–Kier alpha value is -2.53. The maximum Gasteiger partial charge on any atom is 0.244 e. The zero-order valence-corrected chi connectivity index (χ0v) is 16.0. The van der Waals surface area contributed by atoms with Crippen LogP contribution < -0.4 is 10.1 Å². The zero-order valence-electron chi connectivity index (χ0n) is 15.2. The number of hydrogen-bond donors (Lipinski definition) is 1. The summed E-state index contributed by atoms with van der Waals surface area (Å²) >= 11 is 5.93. The van der Waals surface area contributed by atoms with Crippen LogP contribution in [0.25, 0.3) is 0 Å². The van der Waals surface area contributed by atoms with Crippen LogP contribution in [-0.4, -0.2) is 36.9 Å². The number of nitrogens with zero attached hydrogens (tertiary/aromatic N) is 1. The van der Waals surface area contributed by atoms with E-state index in [2.05, 4.69) is 5.32 Å². The monoisotopic (exact) mass is 374 g/mol. The summed E-state index contributed by atoms with van der Waals surface area (Å²) in [6.45, 7) is 3.79. The van der Waals surface area contributed by atoms with Crippen molar-refractivity contribution >= 4 is 29.1 Å². The van der Waals surface area contributed by atoms with E-state index in [-0.39, 0.29) is 18.4 Å². The van der Waals surface area contributed by atoms with Gasteiger partial charge in [-0.3, -0.25) is 9.59 Å². The number of anilines is 1. The van der Waals surface area contributed by atoms with Crippen molar-refractivity contribution in [2.45, 2.75) is 20.3 Å². The highest BCUT2D eigenvalue weighted by Crippen LogP contribution is 2.19. The van der Waals surface area contributed by atoms with Crippen molar-refractivity contribution in [3.63, 3.8) is 0 Å². The molecule has 0 unspecified atom stereocenters. The third-order valence-electron chi connectivity index (χ3n) is 4.05. The molecule has 0 saturated carbocycles.